The Kier molecular flexibility index (Phi) is 3.40. The van der Waals surface area contributed by atoms with Crippen molar-refractivity contribution in [2.24, 2.45) is 0 Å². The van der Waals surface area contributed by atoms with Crippen LogP contribution in [-0.2, 0) is 11.2 Å². The zero-order chi connectivity index (χ0) is 15.9. The molecule has 2 N–H and O–H groups in total. The molecule has 0 fully saturated rings. The largest absolute Gasteiger partial charge is 0.480 e. The summed E-state index contributed by atoms with van der Waals surface area (Å²) in [6.07, 6.45) is 1.40. The Labute approximate surface area is 124 Å². The second-order valence-electron chi connectivity index (χ2n) is 5.16. The van der Waals surface area contributed by atoms with E-state index in [1.54, 1.807) is 6.07 Å². The Morgan fingerprint density at radius 2 is 2.09 bits per heavy atom. The Morgan fingerprint density at radius 1 is 1.32 bits per heavy atom. The maximum atomic E-state index is 13.4. The van der Waals surface area contributed by atoms with Gasteiger partial charge in [0.2, 0.25) is 0 Å². The first-order valence-electron chi connectivity index (χ1n) is 6.82. The van der Waals surface area contributed by atoms with Crippen molar-refractivity contribution in [3.05, 3.63) is 41.5 Å². The Hall–Kier alpha value is -2.70. The summed E-state index contributed by atoms with van der Waals surface area (Å²) in [5.41, 5.74) is 0.581. The van der Waals surface area contributed by atoms with E-state index in [0.717, 1.165) is 0 Å². The minimum atomic E-state index is -1.21. The molecular formula is C15H13FN2O4. The summed E-state index contributed by atoms with van der Waals surface area (Å²) >= 11 is 0. The summed E-state index contributed by atoms with van der Waals surface area (Å²) in [6, 6.07) is 4.65. The van der Waals surface area contributed by atoms with Gasteiger partial charge in [0, 0.05) is 5.56 Å². The lowest BCUT2D eigenvalue weighted by atomic mass is 10.0. The lowest BCUT2D eigenvalue weighted by molar-refractivity contribution is -0.141. The number of hydrogen-bond acceptors (Lipinski definition) is 3. The van der Waals surface area contributed by atoms with Crippen molar-refractivity contribution >= 4 is 11.9 Å². The molecule has 0 aliphatic carbocycles. The SMILES string of the molecule is O=C(O)c1nc(-c2cccc(F)c2)n2c1CCCC2C(=O)O. The maximum Gasteiger partial charge on any atom is 0.356 e. The summed E-state index contributed by atoms with van der Waals surface area (Å²) in [6.45, 7) is 0. The lowest BCUT2D eigenvalue weighted by Crippen LogP contribution is -2.26. The quantitative estimate of drug-likeness (QED) is 0.908. The van der Waals surface area contributed by atoms with Crippen LogP contribution in [0, 0.1) is 5.82 Å². The highest BCUT2D eigenvalue weighted by atomic mass is 19.1. The highest BCUT2D eigenvalue weighted by Gasteiger charge is 2.33. The molecule has 0 amide bonds. The molecule has 0 saturated heterocycles. The van der Waals surface area contributed by atoms with Crippen molar-refractivity contribution in [3.63, 3.8) is 0 Å². The Morgan fingerprint density at radius 3 is 2.73 bits per heavy atom. The molecule has 6 nitrogen and oxygen atoms in total. The Balaban J connectivity index is 2.26. The minimum Gasteiger partial charge on any atom is -0.480 e. The molecule has 1 aliphatic rings. The van der Waals surface area contributed by atoms with Crippen LogP contribution in [0.5, 0.6) is 0 Å². The summed E-state index contributed by atoms with van der Waals surface area (Å²) in [4.78, 5) is 26.9. The van der Waals surface area contributed by atoms with Gasteiger partial charge in [-0.25, -0.2) is 19.0 Å². The molecule has 1 aromatic heterocycles. The van der Waals surface area contributed by atoms with Crippen LogP contribution in [0.4, 0.5) is 4.39 Å². The second-order valence-corrected chi connectivity index (χ2v) is 5.16. The predicted molar refractivity (Wildman–Crippen MR) is 74.2 cm³/mol. The monoisotopic (exact) mass is 304 g/mol. The number of benzene rings is 1. The third-order valence-electron chi connectivity index (χ3n) is 3.78. The molecule has 1 aromatic carbocycles. The smallest absolute Gasteiger partial charge is 0.356 e. The number of hydrogen-bond donors (Lipinski definition) is 2. The second kappa shape index (κ2) is 5.25. The number of nitrogens with zero attached hydrogens (tertiary/aromatic N) is 2. The number of aromatic nitrogens is 2. The normalized spacial score (nSPS) is 17.0. The van der Waals surface area contributed by atoms with E-state index in [4.69, 9.17) is 0 Å². The molecule has 7 heteroatoms. The van der Waals surface area contributed by atoms with Gasteiger partial charge in [-0.1, -0.05) is 12.1 Å². The molecule has 114 valence electrons. The zero-order valence-electron chi connectivity index (χ0n) is 11.5. The van der Waals surface area contributed by atoms with Crippen LogP contribution >= 0.6 is 0 Å². The maximum absolute atomic E-state index is 13.4. The van der Waals surface area contributed by atoms with E-state index in [0.29, 0.717) is 30.5 Å². The standard InChI is InChI=1S/C15H13FN2O4/c16-9-4-1-3-8(7-9)13-17-12(15(21)22)10-5-2-6-11(14(19)20)18(10)13/h1,3-4,7,11H,2,5-6H2,(H,19,20)(H,21,22). The van der Waals surface area contributed by atoms with E-state index < -0.39 is 23.8 Å². The van der Waals surface area contributed by atoms with Crippen LogP contribution in [0.2, 0.25) is 0 Å². The van der Waals surface area contributed by atoms with Crippen LogP contribution in [0.15, 0.2) is 24.3 Å². The molecule has 0 spiro atoms. The van der Waals surface area contributed by atoms with Gasteiger partial charge in [-0.15, -0.1) is 0 Å². The van der Waals surface area contributed by atoms with Gasteiger partial charge in [-0.05, 0) is 31.4 Å². The van der Waals surface area contributed by atoms with Crippen molar-refractivity contribution in [1.29, 1.82) is 0 Å². The molecule has 1 aliphatic heterocycles. The molecule has 0 saturated carbocycles. The molecule has 0 radical (unpaired) electrons. The third-order valence-corrected chi connectivity index (χ3v) is 3.78. The fraction of sp³-hybridized carbons (Fsp3) is 0.267. The molecule has 1 atom stereocenters. The number of carbonyl (C=O) groups is 2. The molecule has 2 heterocycles. The highest BCUT2D eigenvalue weighted by molar-refractivity contribution is 5.88. The number of halogens is 1. The summed E-state index contributed by atoms with van der Waals surface area (Å²) < 4.78 is 14.9. The van der Waals surface area contributed by atoms with Gasteiger partial charge in [0.15, 0.2) is 5.69 Å². The van der Waals surface area contributed by atoms with Crippen LogP contribution in [0.1, 0.15) is 35.1 Å². The van der Waals surface area contributed by atoms with E-state index in [-0.39, 0.29) is 11.5 Å². The average Bonchev–Trinajstić information content (AvgIpc) is 2.86. The number of aliphatic carboxylic acids is 1. The molecule has 2 aromatic rings. The van der Waals surface area contributed by atoms with Gasteiger partial charge in [-0.2, -0.15) is 0 Å². The molecular weight excluding hydrogens is 291 g/mol. The highest BCUT2D eigenvalue weighted by Crippen LogP contribution is 2.34. The number of fused-ring (bicyclic) bond motifs is 1. The molecule has 3 rings (SSSR count). The third kappa shape index (κ3) is 2.24. The van der Waals surface area contributed by atoms with Crippen molar-refractivity contribution < 1.29 is 24.2 Å². The van der Waals surface area contributed by atoms with Gasteiger partial charge >= 0.3 is 11.9 Å². The Bertz CT molecular complexity index is 769. The van der Waals surface area contributed by atoms with E-state index in [2.05, 4.69) is 4.98 Å². The number of carboxylic acids is 2. The van der Waals surface area contributed by atoms with Crippen molar-refractivity contribution in [3.8, 4) is 11.4 Å². The van der Waals surface area contributed by atoms with Crippen LogP contribution in [0.25, 0.3) is 11.4 Å². The fourth-order valence-corrected chi connectivity index (χ4v) is 2.87. The number of aromatic carboxylic acids is 1. The summed E-state index contributed by atoms with van der Waals surface area (Å²) in [7, 11) is 0. The first-order chi connectivity index (χ1) is 10.5. The fourth-order valence-electron chi connectivity index (χ4n) is 2.87. The van der Waals surface area contributed by atoms with Gasteiger partial charge in [-0.3, -0.25) is 0 Å². The first kappa shape index (κ1) is 14.2. The van der Waals surface area contributed by atoms with Crippen molar-refractivity contribution in [2.75, 3.05) is 0 Å². The van der Waals surface area contributed by atoms with Crippen molar-refractivity contribution in [2.45, 2.75) is 25.3 Å². The lowest BCUT2D eigenvalue weighted by Gasteiger charge is -2.24. The molecule has 22 heavy (non-hydrogen) atoms. The van der Waals surface area contributed by atoms with E-state index in [1.165, 1.54) is 22.8 Å². The van der Waals surface area contributed by atoms with Crippen LogP contribution < -0.4 is 0 Å². The summed E-state index contributed by atoms with van der Waals surface area (Å²) in [5.74, 6) is -2.57. The first-order valence-corrected chi connectivity index (χ1v) is 6.82. The van der Waals surface area contributed by atoms with Gasteiger partial charge < -0.3 is 14.8 Å². The number of rotatable bonds is 3. The minimum absolute atomic E-state index is 0.162. The number of carboxylic acid groups (broad SMARTS) is 2. The molecule has 1 unspecified atom stereocenters. The van der Waals surface area contributed by atoms with Crippen LogP contribution in [0.3, 0.4) is 0 Å². The van der Waals surface area contributed by atoms with E-state index in [9.17, 15) is 24.2 Å². The topological polar surface area (TPSA) is 92.4 Å². The van der Waals surface area contributed by atoms with Crippen LogP contribution in [-0.4, -0.2) is 31.7 Å². The van der Waals surface area contributed by atoms with Gasteiger partial charge in [0.1, 0.15) is 17.7 Å². The summed E-state index contributed by atoms with van der Waals surface area (Å²) in [5, 5.41) is 18.7. The van der Waals surface area contributed by atoms with Crippen molar-refractivity contribution in [1.82, 2.24) is 9.55 Å². The average molecular weight is 304 g/mol. The van der Waals surface area contributed by atoms with Gasteiger partial charge in [0.05, 0.1) is 5.69 Å². The number of imidazole rings is 1. The molecule has 0 bridgehead atoms. The predicted octanol–water partition coefficient (Wildman–Crippen LogP) is 2.35. The van der Waals surface area contributed by atoms with E-state index in [1.807, 2.05) is 0 Å². The van der Waals surface area contributed by atoms with E-state index >= 15 is 0 Å². The van der Waals surface area contributed by atoms with Gasteiger partial charge in [0.25, 0.3) is 0 Å². The zero-order valence-corrected chi connectivity index (χ0v) is 11.5.